The molecule has 0 aliphatic carbocycles. The molecule has 24 heavy (non-hydrogen) atoms. The number of hydrogen-bond donors (Lipinski definition) is 2. The molecule has 8 nitrogen and oxygen atoms in total. The smallest absolute Gasteiger partial charge is 0.306 e. The number of unbranched alkanes of at least 4 members (excludes halogenated alkanes) is 2. The predicted octanol–water partition coefficient (Wildman–Crippen LogP) is 3.70. The van der Waals surface area contributed by atoms with Gasteiger partial charge in [0.05, 0.1) is 5.56 Å². The summed E-state index contributed by atoms with van der Waals surface area (Å²) in [6.45, 7) is 2.12. The summed E-state index contributed by atoms with van der Waals surface area (Å²) in [5.74, 6) is -1.11. The molecule has 1 amide bonds. The van der Waals surface area contributed by atoms with Crippen molar-refractivity contribution in [2.45, 2.75) is 32.6 Å². The summed E-state index contributed by atoms with van der Waals surface area (Å²) in [7, 11) is 0. The monoisotopic (exact) mass is 332 g/mol. The van der Waals surface area contributed by atoms with Gasteiger partial charge in [0.15, 0.2) is 0 Å². The van der Waals surface area contributed by atoms with Crippen LogP contribution in [0.1, 0.15) is 43.0 Å². The molecular weight excluding hydrogens is 312 g/mol. The molecule has 0 atom stereocenters. The molecular formula is C16H20N4O4. The van der Waals surface area contributed by atoms with Crippen molar-refractivity contribution < 1.29 is 19.4 Å². The Labute approximate surface area is 139 Å². The first-order valence-electron chi connectivity index (χ1n) is 7.58. The maximum atomic E-state index is 11.9. The first kappa shape index (κ1) is 19.1. The van der Waals surface area contributed by atoms with E-state index in [1.165, 1.54) is 30.5 Å². The fourth-order valence-corrected chi connectivity index (χ4v) is 1.82. The minimum absolute atomic E-state index is 0.0353. The van der Waals surface area contributed by atoms with E-state index in [0.717, 1.165) is 19.3 Å². The van der Waals surface area contributed by atoms with Gasteiger partial charge >= 0.3 is 5.97 Å². The number of aromatic hydroxyl groups is 1. The topological polar surface area (TPSA) is 124 Å². The Balaban J connectivity index is 2.40. The average molecular weight is 332 g/mol. The van der Waals surface area contributed by atoms with Gasteiger partial charge in [0.2, 0.25) is 0 Å². The highest BCUT2D eigenvalue weighted by Crippen LogP contribution is 2.23. The van der Waals surface area contributed by atoms with Crippen LogP contribution in [0.25, 0.3) is 10.4 Å². The van der Waals surface area contributed by atoms with E-state index >= 15 is 0 Å². The molecule has 2 N–H and O–H groups in total. The lowest BCUT2D eigenvalue weighted by Gasteiger charge is -2.04. The first-order valence-corrected chi connectivity index (χ1v) is 7.58. The maximum Gasteiger partial charge on any atom is 0.306 e. The van der Waals surface area contributed by atoms with E-state index < -0.39 is 5.91 Å². The lowest BCUT2D eigenvalue weighted by Crippen LogP contribution is -2.17. The number of esters is 1. The van der Waals surface area contributed by atoms with E-state index in [9.17, 15) is 14.7 Å². The van der Waals surface area contributed by atoms with E-state index in [-0.39, 0.29) is 29.6 Å². The Morgan fingerprint density at radius 3 is 2.88 bits per heavy atom. The minimum Gasteiger partial charge on any atom is -0.507 e. The van der Waals surface area contributed by atoms with Crippen LogP contribution < -0.4 is 5.32 Å². The fraction of sp³-hybridized carbons (Fsp3) is 0.375. The Morgan fingerprint density at radius 2 is 2.21 bits per heavy atom. The number of carbonyl (C=O) groups excluding carboxylic acids is 2. The summed E-state index contributed by atoms with van der Waals surface area (Å²) in [6, 6.07) is 3.95. The molecule has 128 valence electrons. The van der Waals surface area contributed by atoms with Crippen molar-refractivity contribution in [1.82, 2.24) is 5.32 Å². The van der Waals surface area contributed by atoms with E-state index in [1.54, 1.807) is 0 Å². The van der Waals surface area contributed by atoms with Gasteiger partial charge in [0.1, 0.15) is 12.4 Å². The minimum atomic E-state index is -0.537. The number of nitrogens with one attached hydrogen (secondary N) is 1. The van der Waals surface area contributed by atoms with Crippen LogP contribution >= 0.6 is 0 Å². The number of phenolic OH excluding ortho intramolecular Hbond substituents is 1. The Bertz CT molecular complexity index is 651. The highest BCUT2D eigenvalue weighted by Gasteiger charge is 2.09. The van der Waals surface area contributed by atoms with Gasteiger partial charge in [-0.3, -0.25) is 9.59 Å². The second kappa shape index (κ2) is 10.7. The Morgan fingerprint density at radius 1 is 1.42 bits per heavy atom. The van der Waals surface area contributed by atoms with Gasteiger partial charge in [-0.2, -0.15) is 0 Å². The summed E-state index contributed by atoms with van der Waals surface area (Å²) in [6.07, 6.45) is 6.04. The lowest BCUT2D eigenvalue weighted by atomic mass is 10.1. The number of benzene rings is 1. The summed E-state index contributed by atoms with van der Waals surface area (Å²) in [4.78, 5) is 25.8. The van der Waals surface area contributed by atoms with Crippen LogP contribution in [0.2, 0.25) is 0 Å². The summed E-state index contributed by atoms with van der Waals surface area (Å²) in [5, 5.41) is 15.5. The quantitative estimate of drug-likeness (QED) is 0.235. The molecule has 0 aromatic heterocycles. The first-order chi connectivity index (χ1) is 11.6. The van der Waals surface area contributed by atoms with Crippen molar-refractivity contribution in [3.05, 3.63) is 46.5 Å². The van der Waals surface area contributed by atoms with Crippen LogP contribution in [0.4, 0.5) is 5.69 Å². The number of hydrogen-bond acceptors (Lipinski definition) is 5. The third-order valence-electron chi connectivity index (χ3n) is 3.04. The van der Waals surface area contributed by atoms with Gasteiger partial charge in [-0.1, -0.05) is 30.9 Å². The molecule has 0 aliphatic rings. The number of ether oxygens (including phenoxy) is 1. The second-order valence-corrected chi connectivity index (χ2v) is 4.91. The van der Waals surface area contributed by atoms with E-state index in [0.29, 0.717) is 6.42 Å². The SMILES string of the molecule is CCCCCC(=O)OCC=CNC(=O)c1ccc(N=[N+]=[N-])cc1O. The zero-order chi connectivity index (χ0) is 17.8. The van der Waals surface area contributed by atoms with Crippen molar-refractivity contribution in [3.63, 3.8) is 0 Å². The van der Waals surface area contributed by atoms with Crippen molar-refractivity contribution in [2.75, 3.05) is 6.61 Å². The molecule has 1 rings (SSSR count). The van der Waals surface area contributed by atoms with Crippen molar-refractivity contribution in [3.8, 4) is 5.75 Å². The fourth-order valence-electron chi connectivity index (χ4n) is 1.82. The largest absolute Gasteiger partial charge is 0.507 e. The zero-order valence-electron chi connectivity index (χ0n) is 13.4. The molecule has 0 aliphatic heterocycles. The van der Waals surface area contributed by atoms with Gasteiger partial charge in [0, 0.05) is 23.2 Å². The Hall–Kier alpha value is -2.99. The average Bonchev–Trinajstić information content (AvgIpc) is 2.55. The van der Waals surface area contributed by atoms with E-state index in [4.69, 9.17) is 10.3 Å². The molecule has 0 heterocycles. The highest BCUT2D eigenvalue weighted by molar-refractivity contribution is 5.97. The number of phenols is 1. The predicted molar refractivity (Wildman–Crippen MR) is 88.6 cm³/mol. The number of azide groups is 1. The molecule has 0 saturated heterocycles. The lowest BCUT2D eigenvalue weighted by molar-refractivity contribution is -0.142. The standard InChI is InChI=1S/C16H20N4O4/c1-2-3-4-6-15(22)24-10-5-9-18-16(23)13-8-7-12(19-20-17)11-14(13)21/h5,7-9,11,21H,2-4,6,10H2,1H3,(H,18,23). The van der Waals surface area contributed by atoms with Crippen molar-refractivity contribution in [1.29, 1.82) is 0 Å². The number of nitrogens with zero attached hydrogens (tertiary/aromatic N) is 3. The molecule has 0 radical (unpaired) electrons. The van der Waals surface area contributed by atoms with Crippen molar-refractivity contribution in [2.24, 2.45) is 5.11 Å². The van der Waals surface area contributed by atoms with Crippen LogP contribution in [0.15, 0.2) is 35.6 Å². The van der Waals surface area contributed by atoms with E-state index in [1.807, 2.05) is 0 Å². The summed E-state index contributed by atoms with van der Waals surface area (Å²) >= 11 is 0. The van der Waals surface area contributed by atoms with Gasteiger partial charge in [-0.05, 0) is 30.2 Å². The van der Waals surface area contributed by atoms with Gasteiger partial charge in [-0.25, -0.2) is 0 Å². The van der Waals surface area contributed by atoms with Gasteiger partial charge < -0.3 is 15.2 Å². The molecule has 1 aromatic carbocycles. The van der Waals surface area contributed by atoms with Crippen LogP contribution in [-0.2, 0) is 9.53 Å². The van der Waals surface area contributed by atoms with Crippen molar-refractivity contribution >= 4 is 17.6 Å². The molecule has 0 bridgehead atoms. The molecule has 0 fully saturated rings. The normalized spacial score (nSPS) is 10.2. The third-order valence-corrected chi connectivity index (χ3v) is 3.04. The van der Waals surface area contributed by atoms with Gasteiger partial charge in [-0.15, -0.1) is 0 Å². The van der Waals surface area contributed by atoms with Crippen LogP contribution in [0.5, 0.6) is 5.75 Å². The van der Waals surface area contributed by atoms with E-state index in [2.05, 4.69) is 22.3 Å². The zero-order valence-corrected chi connectivity index (χ0v) is 13.4. The van der Waals surface area contributed by atoms with Crippen LogP contribution in [0.3, 0.4) is 0 Å². The van der Waals surface area contributed by atoms with Crippen LogP contribution in [-0.4, -0.2) is 23.6 Å². The third kappa shape index (κ3) is 6.85. The maximum absolute atomic E-state index is 11.9. The number of carbonyl (C=O) groups is 2. The molecule has 8 heteroatoms. The summed E-state index contributed by atoms with van der Waals surface area (Å²) in [5.41, 5.74) is 8.55. The summed E-state index contributed by atoms with van der Waals surface area (Å²) < 4.78 is 4.97. The second-order valence-electron chi connectivity index (χ2n) is 4.91. The molecule has 0 unspecified atom stereocenters. The number of amides is 1. The van der Waals surface area contributed by atoms with Gasteiger partial charge in [0.25, 0.3) is 5.91 Å². The highest BCUT2D eigenvalue weighted by atomic mass is 16.5. The number of rotatable bonds is 9. The van der Waals surface area contributed by atoms with Crippen LogP contribution in [0, 0.1) is 0 Å². The molecule has 0 saturated carbocycles. The Kier molecular flexibility index (Phi) is 8.49. The molecule has 1 aromatic rings. The molecule has 0 spiro atoms.